The fraction of sp³-hybridized carbons (Fsp3) is 0.370. The van der Waals surface area contributed by atoms with Gasteiger partial charge in [-0.1, -0.05) is 13.8 Å². The molecule has 0 saturated heterocycles. The Morgan fingerprint density at radius 3 is 2.38 bits per heavy atom. The number of pyridine rings is 1. The number of aryl methyl sites for hydroxylation is 2. The normalized spacial score (nSPS) is 12.2. The number of nitrogens with two attached hydrogens (primary N) is 1. The van der Waals surface area contributed by atoms with Gasteiger partial charge < -0.3 is 15.2 Å². The smallest absolute Gasteiger partial charge is 0.280 e. The average molecular weight is 542 g/mol. The monoisotopic (exact) mass is 541 g/mol. The van der Waals surface area contributed by atoms with Crippen molar-refractivity contribution in [2.75, 3.05) is 19.5 Å². The van der Waals surface area contributed by atoms with Gasteiger partial charge in [-0.2, -0.15) is 20.0 Å². The summed E-state index contributed by atoms with van der Waals surface area (Å²) >= 11 is 0. The topological polar surface area (TPSA) is 114 Å². The molecule has 0 radical (unpaired) electrons. The van der Waals surface area contributed by atoms with Crippen LogP contribution in [-0.4, -0.2) is 43.7 Å². The second-order valence-corrected chi connectivity index (χ2v) is 9.19. The molecular weight excluding hydrogens is 511 g/mol. The summed E-state index contributed by atoms with van der Waals surface area (Å²) < 4.78 is 52.3. The Kier molecular flexibility index (Phi) is 8.75. The van der Waals surface area contributed by atoms with Crippen molar-refractivity contribution in [2.45, 2.75) is 46.8 Å². The molecule has 2 N–H and O–H groups in total. The fourth-order valence-electron chi connectivity index (χ4n) is 4.23. The van der Waals surface area contributed by atoms with Crippen LogP contribution >= 0.6 is 0 Å². The highest BCUT2D eigenvalue weighted by atomic mass is 19.3. The van der Waals surface area contributed by atoms with E-state index in [1.807, 2.05) is 13.8 Å². The van der Waals surface area contributed by atoms with Crippen molar-refractivity contribution >= 4 is 5.95 Å². The zero-order valence-corrected chi connectivity index (χ0v) is 22.2. The third-order valence-electron chi connectivity index (χ3n) is 5.91. The lowest BCUT2D eigenvalue weighted by atomic mass is 9.99. The molecule has 4 rings (SSSR count). The van der Waals surface area contributed by atoms with Crippen LogP contribution in [0.1, 0.15) is 43.0 Å². The first-order chi connectivity index (χ1) is 18.7. The molecule has 3 heterocycles. The maximum Gasteiger partial charge on any atom is 0.280 e. The van der Waals surface area contributed by atoms with Gasteiger partial charge in [-0.25, -0.2) is 18.2 Å². The van der Waals surface area contributed by atoms with Crippen molar-refractivity contribution in [1.29, 1.82) is 0 Å². The van der Waals surface area contributed by atoms with E-state index in [0.29, 0.717) is 53.3 Å². The fourth-order valence-corrected chi connectivity index (χ4v) is 4.23. The quantitative estimate of drug-likeness (QED) is 0.276. The van der Waals surface area contributed by atoms with E-state index < -0.39 is 17.9 Å². The van der Waals surface area contributed by atoms with E-state index in [2.05, 4.69) is 25.1 Å². The Morgan fingerprint density at radius 1 is 1.00 bits per heavy atom. The summed E-state index contributed by atoms with van der Waals surface area (Å²) in [6.45, 7) is 6.74. The first-order valence-electron chi connectivity index (χ1n) is 12.4. The summed E-state index contributed by atoms with van der Waals surface area (Å²) in [6, 6.07) is 8.49. The standard InChI is InChI=1S/C27H30F3N7O2/c1-5-20-22(36-37(35-20)12-15(2)13-38-4)14-39-26-23(18-10-16(3)32-21(11-18)25(29)30)24(33-27(31)34-26)17-6-8-19(28)9-7-17/h6-11,15,25H,5,12-14H2,1-4H3,(H2,31,33,34). The van der Waals surface area contributed by atoms with Crippen LogP contribution < -0.4 is 10.5 Å². The number of halogens is 3. The van der Waals surface area contributed by atoms with Crippen molar-refractivity contribution in [3.05, 3.63) is 65.0 Å². The number of nitrogens with zero attached hydrogens (tertiary/aromatic N) is 6. The number of benzene rings is 1. The molecule has 1 unspecified atom stereocenters. The number of aromatic nitrogens is 6. The van der Waals surface area contributed by atoms with Gasteiger partial charge >= 0.3 is 0 Å². The van der Waals surface area contributed by atoms with Gasteiger partial charge in [0, 0.05) is 24.3 Å². The van der Waals surface area contributed by atoms with Crippen LogP contribution in [0, 0.1) is 18.7 Å². The van der Waals surface area contributed by atoms with Gasteiger partial charge in [0.1, 0.15) is 23.8 Å². The number of hydrogen-bond donors (Lipinski definition) is 1. The van der Waals surface area contributed by atoms with Gasteiger partial charge in [0.2, 0.25) is 11.8 Å². The third-order valence-corrected chi connectivity index (χ3v) is 5.91. The Balaban J connectivity index is 1.79. The summed E-state index contributed by atoms with van der Waals surface area (Å²) in [7, 11) is 1.64. The minimum absolute atomic E-state index is 0.0000860. The molecular formula is C27H30F3N7O2. The molecule has 0 amide bonds. The minimum Gasteiger partial charge on any atom is -0.470 e. The molecule has 0 aliphatic carbocycles. The maximum atomic E-state index is 13.7. The molecule has 0 aliphatic heterocycles. The first kappa shape index (κ1) is 28.0. The van der Waals surface area contributed by atoms with E-state index in [4.69, 9.17) is 15.2 Å². The van der Waals surface area contributed by atoms with Crippen molar-refractivity contribution in [3.8, 4) is 28.3 Å². The molecule has 12 heteroatoms. The van der Waals surface area contributed by atoms with Gasteiger partial charge in [-0.05, 0) is 55.3 Å². The number of methoxy groups -OCH3 is 1. The average Bonchev–Trinajstić information content (AvgIpc) is 3.28. The summed E-state index contributed by atoms with van der Waals surface area (Å²) in [5, 5.41) is 9.15. The Bertz CT molecular complexity index is 1430. The van der Waals surface area contributed by atoms with E-state index in [9.17, 15) is 13.2 Å². The molecule has 0 aliphatic rings. The van der Waals surface area contributed by atoms with Gasteiger partial charge in [-0.15, -0.1) is 0 Å². The molecule has 206 valence electrons. The van der Waals surface area contributed by atoms with Crippen molar-refractivity contribution < 1.29 is 22.6 Å². The molecule has 1 aromatic carbocycles. The van der Waals surface area contributed by atoms with Gasteiger partial charge in [0.05, 0.1) is 30.1 Å². The summed E-state index contributed by atoms with van der Waals surface area (Å²) in [4.78, 5) is 14.2. The van der Waals surface area contributed by atoms with Gasteiger partial charge in [0.25, 0.3) is 6.43 Å². The predicted molar refractivity (Wildman–Crippen MR) is 140 cm³/mol. The highest BCUT2D eigenvalue weighted by molar-refractivity contribution is 5.85. The molecule has 0 spiro atoms. The lowest BCUT2D eigenvalue weighted by Crippen LogP contribution is -2.15. The Morgan fingerprint density at radius 2 is 1.72 bits per heavy atom. The molecule has 1 atom stereocenters. The van der Waals surface area contributed by atoms with E-state index in [0.717, 1.165) is 5.69 Å². The summed E-state index contributed by atoms with van der Waals surface area (Å²) in [5.74, 6) is -0.266. The zero-order chi connectivity index (χ0) is 28.1. The SMILES string of the molecule is CCc1nn(CC(C)COC)nc1COc1nc(N)nc(-c2ccc(F)cc2)c1-c1cc(C)nc(C(F)F)c1. The molecule has 9 nitrogen and oxygen atoms in total. The zero-order valence-electron chi connectivity index (χ0n) is 22.2. The van der Waals surface area contributed by atoms with E-state index >= 15 is 0 Å². The van der Waals surface area contributed by atoms with Crippen LogP contribution in [0.2, 0.25) is 0 Å². The van der Waals surface area contributed by atoms with E-state index in [1.54, 1.807) is 24.9 Å². The predicted octanol–water partition coefficient (Wildman–Crippen LogP) is 5.19. The largest absolute Gasteiger partial charge is 0.470 e. The maximum absolute atomic E-state index is 13.7. The van der Waals surface area contributed by atoms with E-state index in [-0.39, 0.29) is 24.4 Å². The van der Waals surface area contributed by atoms with Crippen LogP contribution in [0.3, 0.4) is 0 Å². The third kappa shape index (κ3) is 6.69. The molecule has 0 fully saturated rings. The lowest BCUT2D eigenvalue weighted by molar-refractivity contribution is 0.146. The first-order valence-corrected chi connectivity index (χ1v) is 12.4. The number of alkyl halides is 2. The molecule has 0 bridgehead atoms. The second kappa shape index (κ2) is 12.2. The number of nitrogen functional groups attached to an aromatic ring is 1. The van der Waals surface area contributed by atoms with E-state index in [1.165, 1.54) is 30.3 Å². The van der Waals surface area contributed by atoms with Crippen molar-refractivity contribution in [1.82, 2.24) is 29.9 Å². The number of ether oxygens (including phenoxy) is 2. The van der Waals surface area contributed by atoms with Crippen LogP contribution in [-0.2, 0) is 24.3 Å². The molecule has 3 aromatic heterocycles. The van der Waals surface area contributed by atoms with Crippen LogP contribution in [0.5, 0.6) is 5.88 Å². The Labute approximate surface area is 224 Å². The summed E-state index contributed by atoms with van der Waals surface area (Å²) in [6.07, 6.45) is -2.17. The van der Waals surface area contributed by atoms with Crippen LogP contribution in [0.25, 0.3) is 22.4 Å². The van der Waals surface area contributed by atoms with Crippen LogP contribution in [0.4, 0.5) is 19.1 Å². The molecule has 39 heavy (non-hydrogen) atoms. The highest BCUT2D eigenvalue weighted by Crippen LogP contribution is 2.39. The molecule has 0 saturated carbocycles. The second-order valence-electron chi connectivity index (χ2n) is 9.19. The Hall–Kier alpha value is -4.06. The molecule has 4 aromatic rings. The van der Waals surface area contributed by atoms with Gasteiger partial charge in [0.15, 0.2) is 0 Å². The summed E-state index contributed by atoms with van der Waals surface area (Å²) in [5.41, 5.74) is 8.86. The number of hydrogen-bond acceptors (Lipinski definition) is 8. The van der Waals surface area contributed by atoms with Gasteiger partial charge in [-0.3, -0.25) is 4.98 Å². The minimum atomic E-state index is -2.79. The highest BCUT2D eigenvalue weighted by Gasteiger charge is 2.22. The number of rotatable bonds is 11. The number of anilines is 1. The van der Waals surface area contributed by atoms with Crippen LogP contribution in [0.15, 0.2) is 36.4 Å². The van der Waals surface area contributed by atoms with Crippen molar-refractivity contribution in [3.63, 3.8) is 0 Å². The lowest BCUT2D eigenvalue weighted by Gasteiger charge is -2.16. The van der Waals surface area contributed by atoms with Crippen molar-refractivity contribution in [2.24, 2.45) is 5.92 Å².